The molecule has 0 aliphatic carbocycles. The van der Waals surface area contributed by atoms with E-state index in [-0.39, 0.29) is 5.69 Å². The molecule has 0 saturated heterocycles. The number of carboxylic acid groups (broad SMARTS) is 1. The van der Waals surface area contributed by atoms with Gasteiger partial charge in [0.1, 0.15) is 5.25 Å². The van der Waals surface area contributed by atoms with Gasteiger partial charge in [0.2, 0.25) is 0 Å². The number of nitro groups is 1. The molecule has 0 saturated carbocycles. The zero-order chi connectivity index (χ0) is 14.4. The molecule has 104 valence electrons. The van der Waals surface area contributed by atoms with Crippen molar-refractivity contribution in [3.63, 3.8) is 0 Å². The van der Waals surface area contributed by atoms with Gasteiger partial charge in [-0.15, -0.1) is 0 Å². The van der Waals surface area contributed by atoms with Crippen molar-refractivity contribution in [1.29, 1.82) is 0 Å². The minimum atomic E-state index is -1.70. The van der Waals surface area contributed by atoms with E-state index in [0.717, 1.165) is 6.42 Å². The summed E-state index contributed by atoms with van der Waals surface area (Å²) in [6.07, 6.45) is 1.83. The van der Waals surface area contributed by atoms with Crippen LogP contribution in [0.3, 0.4) is 0 Å². The molecule has 19 heavy (non-hydrogen) atoms. The number of hydrogen-bond acceptors (Lipinski definition) is 4. The zero-order valence-corrected chi connectivity index (χ0v) is 11.3. The Labute approximate surface area is 113 Å². The molecule has 0 aliphatic heterocycles. The third-order valence-corrected chi connectivity index (χ3v) is 4.32. The van der Waals surface area contributed by atoms with Crippen molar-refractivity contribution in [2.75, 3.05) is 0 Å². The molecule has 0 fully saturated rings. The second-order valence-corrected chi connectivity index (χ2v) is 5.65. The Kier molecular flexibility index (Phi) is 5.62. The van der Waals surface area contributed by atoms with Crippen molar-refractivity contribution in [3.8, 4) is 0 Å². The van der Waals surface area contributed by atoms with Crippen molar-refractivity contribution in [3.05, 3.63) is 34.4 Å². The monoisotopic (exact) mass is 285 g/mol. The molecular weight excluding hydrogens is 270 g/mol. The zero-order valence-electron chi connectivity index (χ0n) is 10.4. The van der Waals surface area contributed by atoms with Crippen LogP contribution in [0.1, 0.15) is 26.2 Å². The van der Waals surface area contributed by atoms with Crippen LogP contribution in [-0.2, 0) is 15.6 Å². The Balaban J connectivity index is 2.90. The molecule has 0 radical (unpaired) electrons. The SMILES string of the molecule is CCCCC(C(=O)O)S(=O)c1ccc([N+](=O)[O-])cc1. The van der Waals surface area contributed by atoms with Crippen LogP contribution in [0, 0.1) is 10.1 Å². The fraction of sp³-hybridized carbons (Fsp3) is 0.417. The van der Waals surface area contributed by atoms with E-state index in [0.29, 0.717) is 17.7 Å². The number of aliphatic carboxylic acids is 1. The van der Waals surface area contributed by atoms with Crippen LogP contribution >= 0.6 is 0 Å². The number of benzene rings is 1. The lowest BCUT2D eigenvalue weighted by atomic mass is 10.2. The van der Waals surface area contributed by atoms with Crippen LogP contribution in [0.5, 0.6) is 0 Å². The fourth-order valence-corrected chi connectivity index (χ4v) is 2.87. The predicted molar refractivity (Wildman–Crippen MR) is 70.5 cm³/mol. The average Bonchev–Trinajstić information content (AvgIpc) is 2.38. The second-order valence-electron chi connectivity index (χ2n) is 4.02. The van der Waals surface area contributed by atoms with Crippen LogP contribution in [0.2, 0.25) is 0 Å². The van der Waals surface area contributed by atoms with Crippen molar-refractivity contribution < 1.29 is 19.0 Å². The van der Waals surface area contributed by atoms with Crippen LogP contribution < -0.4 is 0 Å². The lowest BCUT2D eigenvalue weighted by Crippen LogP contribution is -2.25. The number of carbonyl (C=O) groups is 1. The van der Waals surface area contributed by atoms with Crippen LogP contribution in [0.15, 0.2) is 29.2 Å². The highest BCUT2D eigenvalue weighted by Crippen LogP contribution is 2.19. The third-order valence-electron chi connectivity index (χ3n) is 2.63. The normalized spacial score (nSPS) is 13.7. The highest BCUT2D eigenvalue weighted by Gasteiger charge is 2.25. The Morgan fingerprint density at radius 1 is 1.42 bits per heavy atom. The first-order valence-electron chi connectivity index (χ1n) is 5.85. The average molecular weight is 285 g/mol. The van der Waals surface area contributed by atoms with E-state index in [1.54, 1.807) is 0 Å². The third kappa shape index (κ3) is 4.13. The Morgan fingerprint density at radius 2 is 2.00 bits per heavy atom. The summed E-state index contributed by atoms with van der Waals surface area (Å²) in [5.74, 6) is -1.11. The summed E-state index contributed by atoms with van der Waals surface area (Å²) in [5.41, 5.74) is -0.110. The second kappa shape index (κ2) is 6.98. The van der Waals surface area contributed by atoms with Gasteiger partial charge in [-0.2, -0.15) is 0 Å². The molecule has 6 nitrogen and oxygen atoms in total. The van der Waals surface area contributed by atoms with E-state index in [2.05, 4.69) is 0 Å². The van der Waals surface area contributed by atoms with Gasteiger partial charge in [0.15, 0.2) is 0 Å². The molecule has 1 rings (SSSR count). The molecule has 0 aromatic heterocycles. The smallest absolute Gasteiger partial charge is 0.319 e. The molecule has 0 aliphatic rings. The Bertz CT molecular complexity index is 485. The lowest BCUT2D eigenvalue weighted by molar-refractivity contribution is -0.384. The van der Waals surface area contributed by atoms with Crippen LogP contribution in [0.4, 0.5) is 5.69 Å². The summed E-state index contributed by atoms with van der Waals surface area (Å²) in [4.78, 5) is 21.3. The number of hydrogen-bond donors (Lipinski definition) is 1. The summed E-state index contributed by atoms with van der Waals surface area (Å²) in [6.45, 7) is 1.92. The van der Waals surface area contributed by atoms with E-state index >= 15 is 0 Å². The van der Waals surface area contributed by atoms with Gasteiger partial charge in [-0.25, -0.2) is 0 Å². The molecule has 7 heteroatoms. The first kappa shape index (κ1) is 15.3. The quantitative estimate of drug-likeness (QED) is 0.612. The van der Waals surface area contributed by atoms with Crippen LogP contribution in [0.25, 0.3) is 0 Å². The van der Waals surface area contributed by atoms with Gasteiger partial charge in [0.05, 0.1) is 15.7 Å². The molecule has 0 amide bonds. The Hall–Kier alpha value is -1.76. The molecule has 0 heterocycles. The van der Waals surface area contributed by atoms with Crippen molar-refractivity contribution in [2.24, 2.45) is 0 Å². The molecule has 0 bridgehead atoms. The summed E-state index contributed by atoms with van der Waals surface area (Å²) >= 11 is 0. The Morgan fingerprint density at radius 3 is 2.42 bits per heavy atom. The molecule has 2 atom stereocenters. The summed E-state index contributed by atoms with van der Waals surface area (Å²) in [6, 6.07) is 5.14. The van der Waals surface area contributed by atoms with Crippen molar-refractivity contribution in [1.82, 2.24) is 0 Å². The number of rotatable bonds is 7. The molecule has 1 N–H and O–H groups in total. The van der Waals surface area contributed by atoms with E-state index in [4.69, 9.17) is 5.11 Å². The van der Waals surface area contributed by atoms with Crippen molar-refractivity contribution in [2.45, 2.75) is 36.3 Å². The molecule has 1 aromatic carbocycles. The van der Waals surface area contributed by atoms with E-state index in [1.807, 2.05) is 6.92 Å². The lowest BCUT2D eigenvalue weighted by Gasteiger charge is -2.11. The number of nitrogens with zero attached hydrogens (tertiary/aromatic N) is 1. The minimum absolute atomic E-state index is 0.110. The van der Waals surface area contributed by atoms with Gasteiger partial charge in [0.25, 0.3) is 5.69 Å². The molecule has 0 spiro atoms. The highest BCUT2D eigenvalue weighted by atomic mass is 32.2. The van der Waals surface area contributed by atoms with Gasteiger partial charge in [0, 0.05) is 17.0 Å². The van der Waals surface area contributed by atoms with Crippen molar-refractivity contribution >= 4 is 22.5 Å². The van der Waals surface area contributed by atoms with Crippen LogP contribution in [-0.4, -0.2) is 25.5 Å². The number of nitro benzene ring substituents is 1. The van der Waals surface area contributed by atoms with Gasteiger partial charge >= 0.3 is 5.97 Å². The molecule has 2 unspecified atom stereocenters. The summed E-state index contributed by atoms with van der Waals surface area (Å²) in [7, 11) is -1.70. The minimum Gasteiger partial charge on any atom is -0.480 e. The summed E-state index contributed by atoms with van der Waals surface area (Å²) in [5, 5.41) is 18.6. The largest absolute Gasteiger partial charge is 0.480 e. The number of non-ortho nitro benzene ring substituents is 1. The standard InChI is InChI=1S/C12H15NO5S/c1-2-3-4-11(12(14)15)19(18)10-7-5-9(6-8-10)13(16)17/h5-8,11H,2-4H2,1H3,(H,14,15). The number of unbranched alkanes of at least 4 members (excludes halogenated alkanes) is 1. The van der Waals surface area contributed by atoms with E-state index in [9.17, 15) is 19.1 Å². The summed E-state index contributed by atoms with van der Waals surface area (Å²) < 4.78 is 12.1. The van der Waals surface area contributed by atoms with E-state index < -0.39 is 26.9 Å². The van der Waals surface area contributed by atoms with E-state index in [1.165, 1.54) is 24.3 Å². The first-order chi connectivity index (χ1) is 8.97. The molecular formula is C12H15NO5S. The van der Waals surface area contributed by atoms with Gasteiger partial charge < -0.3 is 5.11 Å². The highest BCUT2D eigenvalue weighted by molar-refractivity contribution is 7.86. The number of carboxylic acids is 1. The van der Waals surface area contributed by atoms with Gasteiger partial charge in [-0.1, -0.05) is 19.8 Å². The molecule has 1 aromatic rings. The maximum atomic E-state index is 12.1. The first-order valence-corrected chi connectivity index (χ1v) is 7.06. The van der Waals surface area contributed by atoms with Gasteiger partial charge in [-0.3, -0.25) is 19.1 Å². The topological polar surface area (TPSA) is 97.5 Å². The van der Waals surface area contributed by atoms with Gasteiger partial charge in [-0.05, 0) is 18.6 Å². The maximum Gasteiger partial charge on any atom is 0.319 e. The predicted octanol–water partition coefficient (Wildman–Crippen LogP) is 2.35. The fourth-order valence-electron chi connectivity index (χ4n) is 1.58. The maximum absolute atomic E-state index is 12.1.